The molecule has 1 aromatic carbocycles. The van der Waals surface area contributed by atoms with Crippen LogP contribution in [0.2, 0.25) is 0 Å². The van der Waals surface area contributed by atoms with Crippen molar-refractivity contribution < 1.29 is 9.53 Å². The third kappa shape index (κ3) is 5.10. The average molecular weight is 380 g/mol. The quantitative estimate of drug-likeness (QED) is 0.819. The van der Waals surface area contributed by atoms with Crippen LogP contribution < -0.4 is 10.6 Å². The number of aryl methyl sites for hydroxylation is 1. The van der Waals surface area contributed by atoms with E-state index in [0.29, 0.717) is 37.0 Å². The predicted molar refractivity (Wildman–Crippen MR) is 106 cm³/mol. The Morgan fingerprint density at radius 3 is 2.64 bits per heavy atom. The van der Waals surface area contributed by atoms with Crippen molar-refractivity contribution in [3.8, 4) is 6.07 Å². The number of rotatable bonds is 5. The zero-order chi connectivity index (χ0) is 19.9. The van der Waals surface area contributed by atoms with Gasteiger partial charge in [0.25, 0.3) is 0 Å². The molecule has 0 bridgehead atoms. The van der Waals surface area contributed by atoms with Gasteiger partial charge in [0, 0.05) is 36.6 Å². The Kier molecular flexibility index (Phi) is 6.27. The Balaban J connectivity index is 1.60. The van der Waals surface area contributed by atoms with Crippen molar-refractivity contribution in [2.45, 2.75) is 32.7 Å². The molecule has 1 fully saturated rings. The van der Waals surface area contributed by atoms with Gasteiger partial charge in [-0.1, -0.05) is 0 Å². The van der Waals surface area contributed by atoms with Crippen molar-refractivity contribution >= 4 is 23.5 Å². The lowest BCUT2D eigenvalue weighted by atomic mass is 10.1. The summed E-state index contributed by atoms with van der Waals surface area (Å²) in [4.78, 5) is 22.5. The lowest BCUT2D eigenvalue weighted by Crippen LogP contribution is -2.42. The summed E-state index contributed by atoms with van der Waals surface area (Å²) in [7, 11) is 0. The second-order valence-corrected chi connectivity index (χ2v) is 6.64. The number of carbonyl (C=O) groups is 1. The van der Waals surface area contributed by atoms with Gasteiger partial charge < -0.3 is 20.3 Å². The van der Waals surface area contributed by atoms with Crippen LogP contribution in [0.3, 0.4) is 0 Å². The van der Waals surface area contributed by atoms with E-state index in [1.54, 1.807) is 17.0 Å². The van der Waals surface area contributed by atoms with E-state index in [2.05, 4.69) is 26.7 Å². The summed E-state index contributed by atoms with van der Waals surface area (Å²) in [5, 5.41) is 15.5. The number of likely N-dealkylation sites (tertiary alicyclic amines) is 1. The molecule has 3 rings (SSSR count). The number of anilines is 3. The summed E-state index contributed by atoms with van der Waals surface area (Å²) >= 11 is 0. The minimum atomic E-state index is -0.248. The Hall–Kier alpha value is -3.34. The first-order valence-corrected chi connectivity index (χ1v) is 9.38. The molecular formula is C20H24N6O2. The van der Waals surface area contributed by atoms with E-state index in [1.807, 2.05) is 32.0 Å². The van der Waals surface area contributed by atoms with Crippen LogP contribution in [0.25, 0.3) is 0 Å². The van der Waals surface area contributed by atoms with Crippen molar-refractivity contribution in [1.82, 2.24) is 14.9 Å². The predicted octanol–water partition coefficient (Wildman–Crippen LogP) is 3.43. The second-order valence-electron chi connectivity index (χ2n) is 6.64. The van der Waals surface area contributed by atoms with Crippen molar-refractivity contribution in [1.29, 1.82) is 5.26 Å². The minimum absolute atomic E-state index is 0.204. The monoisotopic (exact) mass is 380 g/mol. The highest BCUT2D eigenvalue weighted by molar-refractivity contribution is 5.67. The summed E-state index contributed by atoms with van der Waals surface area (Å²) in [5.41, 5.74) is 2.31. The topological polar surface area (TPSA) is 103 Å². The third-order valence-electron chi connectivity index (χ3n) is 4.49. The van der Waals surface area contributed by atoms with Gasteiger partial charge in [0.05, 0.1) is 18.2 Å². The molecule has 2 N–H and O–H groups in total. The van der Waals surface area contributed by atoms with Crippen molar-refractivity contribution in [2.24, 2.45) is 0 Å². The number of hydrogen-bond acceptors (Lipinski definition) is 7. The molecule has 0 atom stereocenters. The minimum Gasteiger partial charge on any atom is -0.450 e. The van der Waals surface area contributed by atoms with E-state index < -0.39 is 0 Å². The Bertz CT molecular complexity index is 854. The molecule has 146 valence electrons. The first-order valence-electron chi connectivity index (χ1n) is 9.38. The van der Waals surface area contributed by atoms with Crippen molar-refractivity contribution in [3.05, 3.63) is 41.6 Å². The maximum Gasteiger partial charge on any atom is 0.409 e. The third-order valence-corrected chi connectivity index (χ3v) is 4.49. The second kappa shape index (κ2) is 9.04. The maximum atomic E-state index is 11.8. The van der Waals surface area contributed by atoms with E-state index in [1.165, 1.54) is 0 Å². The standard InChI is InChI=1S/C20H24N6O2/c1-3-28-20(27)26-10-8-17(9-11-26)24-19-22-14(2)12-18(25-19)23-16-6-4-15(13-21)5-7-16/h4-7,12,17H,3,8-11H2,1-2H3,(H2,22,23,24,25). The summed E-state index contributed by atoms with van der Waals surface area (Å²) in [6.07, 6.45) is 1.38. The van der Waals surface area contributed by atoms with Gasteiger partial charge in [0.1, 0.15) is 5.82 Å². The van der Waals surface area contributed by atoms with Gasteiger partial charge in [-0.3, -0.25) is 0 Å². The van der Waals surface area contributed by atoms with Crippen molar-refractivity contribution in [3.63, 3.8) is 0 Å². The fourth-order valence-electron chi connectivity index (χ4n) is 3.08. The maximum absolute atomic E-state index is 11.8. The molecule has 28 heavy (non-hydrogen) atoms. The number of nitrogens with one attached hydrogen (secondary N) is 2. The van der Waals surface area contributed by atoms with Crippen LogP contribution in [0.5, 0.6) is 0 Å². The van der Waals surface area contributed by atoms with E-state index in [-0.39, 0.29) is 12.1 Å². The molecule has 0 spiro atoms. The van der Waals surface area contributed by atoms with Crippen LogP contribution in [0.4, 0.5) is 22.2 Å². The zero-order valence-electron chi connectivity index (χ0n) is 16.1. The first kappa shape index (κ1) is 19.4. The van der Waals surface area contributed by atoms with Gasteiger partial charge in [-0.25, -0.2) is 9.78 Å². The number of aromatic nitrogens is 2. The van der Waals surface area contributed by atoms with E-state index in [9.17, 15) is 4.79 Å². The average Bonchev–Trinajstić information content (AvgIpc) is 2.69. The van der Waals surface area contributed by atoms with Gasteiger partial charge in [-0.05, 0) is 51.0 Å². The molecule has 1 aliphatic heterocycles. The molecule has 1 saturated heterocycles. The zero-order valence-corrected chi connectivity index (χ0v) is 16.1. The number of carbonyl (C=O) groups excluding carboxylic acids is 1. The number of nitriles is 1. The molecule has 2 heterocycles. The number of nitrogens with zero attached hydrogens (tertiary/aromatic N) is 4. The normalized spacial score (nSPS) is 14.2. The van der Waals surface area contributed by atoms with Gasteiger partial charge in [-0.15, -0.1) is 0 Å². The van der Waals surface area contributed by atoms with Crippen LogP contribution in [0.15, 0.2) is 30.3 Å². The first-order chi connectivity index (χ1) is 13.6. The largest absolute Gasteiger partial charge is 0.450 e. The molecule has 0 saturated carbocycles. The van der Waals surface area contributed by atoms with E-state index >= 15 is 0 Å². The van der Waals surface area contributed by atoms with Crippen LogP contribution >= 0.6 is 0 Å². The number of amides is 1. The van der Waals surface area contributed by atoms with Crippen LogP contribution in [-0.2, 0) is 4.74 Å². The molecule has 0 unspecified atom stereocenters. The fraction of sp³-hybridized carbons (Fsp3) is 0.400. The smallest absolute Gasteiger partial charge is 0.409 e. The fourth-order valence-corrected chi connectivity index (χ4v) is 3.08. The lowest BCUT2D eigenvalue weighted by molar-refractivity contribution is 0.0983. The lowest BCUT2D eigenvalue weighted by Gasteiger charge is -2.31. The number of hydrogen-bond donors (Lipinski definition) is 2. The summed E-state index contributed by atoms with van der Waals surface area (Å²) < 4.78 is 5.05. The Labute approximate surface area is 164 Å². The van der Waals surface area contributed by atoms with Gasteiger partial charge >= 0.3 is 6.09 Å². The van der Waals surface area contributed by atoms with Gasteiger partial charge in [-0.2, -0.15) is 10.2 Å². The van der Waals surface area contributed by atoms with Crippen LogP contribution in [0, 0.1) is 18.3 Å². The summed E-state index contributed by atoms with van der Waals surface area (Å²) in [6, 6.07) is 11.4. The summed E-state index contributed by atoms with van der Waals surface area (Å²) in [5.74, 6) is 1.24. The summed E-state index contributed by atoms with van der Waals surface area (Å²) in [6.45, 7) is 5.42. The van der Waals surface area contributed by atoms with Crippen LogP contribution in [-0.4, -0.2) is 46.7 Å². The molecule has 1 amide bonds. The molecule has 1 aromatic heterocycles. The molecule has 2 aromatic rings. The van der Waals surface area contributed by atoms with Crippen LogP contribution in [0.1, 0.15) is 31.0 Å². The van der Waals surface area contributed by atoms with Crippen molar-refractivity contribution in [2.75, 3.05) is 30.3 Å². The highest BCUT2D eigenvalue weighted by Crippen LogP contribution is 2.20. The molecule has 0 radical (unpaired) electrons. The van der Waals surface area contributed by atoms with Gasteiger partial charge in [0.2, 0.25) is 5.95 Å². The highest BCUT2D eigenvalue weighted by atomic mass is 16.6. The van der Waals surface area contributed by atoms with Gasteiger partial charge in [0.15, 0.2) is 0 Å². The molecule has 8 heteroatoms. The van der Waals surface area contributed by atoms with E-state index in [4.69, 9.17) is 10.00 Å². The number of benzene rings is 1. The Morgan fingerprint density at radius 1 is 1.29 bits per heavy atom. The molecule has 0 aliphatic carbocycles. The number of ether oxygens (including phenoxy) is 1. The van der Waals surface area contributed by atoms with E-state index in [0.717, 1.165) is 24.2 Å². The molecular weight excluding hydrogens is 356 g/mol. The highest BCUT2D eigenvalue weighted by Gasteiger charge is 2.24. The Morgan fingerprint density at radius 2 is 2.00 bits per heavy atom. The molecule has 1 aliphatic rings. The molecule has 8 nitrogen and oxygen atoms in total. The SMILES string of the molecule is CCOC(=O)N1CCC(Nc2nc(C)cc(Nc3ccc(C#N)cc3)n2)CC1. The number of piperidine rings is 1.